The van der Waals surface area contributed by atoms with Crippen LogP contribution < -0.4 is 4.72 Å². The Labute approximate surface area is 181 Å². The Balaban J connectivity index is 1.68. The number of unbranched alkanes of at least 4 members (excludes halogenated alkanes) is 1. The van der Waals surface area contributed by atoms with Crippen molar-refractivity contribution < 1.29 is 18.3 Å². The van der Waals surface area contributed by atoms with Gasteiger partial charge in [0.2, 0.25) is 10.0 Å². The third kappa shape index (κ3) is 5.58. The summed E-state index contributed by atoms with van der Waals surface area (Å²) in [5.74, 6) is 0.549. The molecule has 7 heteroatoms. The average molecular weight is 482 g/mol. The van der Waals surface area contributed by atoms with E-state index in [-0.39, 0.29) is 18.3 Å². The van der Waals surface area contributed by atoms with Gasteiger partial charge >= 0.3 is 5.97 Å². The maximum Gasteiger partial charge on any atom is 0.303 e. The molecular weight excluding hydrogens is 454 g/mol. The van der Waals surface area contributed by atoms with Gasteiger partial charge in [-0.3, -0.25) is 4.79 Å². The van der Waals surface area contributed by atoms with Crippen molar-refractivity contribution in [2.45, 2.75) is 43.9 Å². The monoisotopic (exact) mass is 481 g/mol. The molecule has 3 aliphatic carbocycles. The minimum Gasteiger partial charge on any atom is -0.481 e. The third-order valence-electron chi connectivity index (χ3n) is 6.03. The minimum absolute atomic E-state index is 0.177. The van der Waals surface area contributed by atoms with E-state index in [1.165, 1.54) is 0 Å². The van der Waals surface area contributed by atoms with E-state index in [9.17, 15) is 13.2 Å². The maximum atomic E-state index is 12.9. The fraction of sp³-hybridized carbons (Fsp3) is 0.500. The van der Waals surface area contributed by atoms with Crippen LogP contribution in [0.25, 0.3) is 0 Å². The second-order valence-corrected chi connectivity index (χ2v) is 10.7. The van der Waals surface area contributed by atoms with E-state index in [0.717, 1.165) is 23.7 Å². The molecule has 3 aliphatic rings. The summed E-state index contributed by atoms with van der Waals surface area (Å²) in [6.45, 7) is 2.21. The lowest BCUT2D eigenvalue weighted by molar-refractivity contribution is -0.137. The first-order valence-corrected chi connectivity index (χ1v) is 12.4. The minimum atomic E-state index is -3.57. The lowest BCUT2D eigenvalue weighted by Gasteiger charge is -2.44. The van der Waals surface area contributed by atoms with Gasteiger partial charge in [-0.25, -0.2) is 13.1 Å². The van der Waals surface area contributed by atoms with Crippen LogP contribution in [0.5, 0.6) is 0 Å². The average Bonchev–Trinajstić information content (AvgIpc) is 2.67. The highest BCUT2D eigenvalue weighted by molar-refractivity contribution is 9.10. The van der Waals surface area contributed by atoms with Crippen LogP contribution in [0.2, 0.25) is 0 Å². The molecule has 2 bridgehead atoms. The first-order chi connectivity index (χ1) is 13.8. The summed E-state index contributed by atoms with van der Waals surface area (Å²) in [5.41, 5.74) is 0.715. The number of allylic oxidation sites excluding steroid dienone is 4. The molecule has 4 rings (SSSR count). The van der Waals surface area contributed by atoms with Crippen LogP contribution in [0.4, 0.5) is 0 Å². The van der Waals surface area contributed by atoms with E-state index in [0.29, 0.717) is 35.3 Å². The number of carbonyl (C=O) groups is 1. The van der Waals surface area contributed by atoms with Crippen LogP contribution in [0.15, 0.2) is 51.9 Å². The number of fused-ring (bicyclic) bond motifs is 2. The lowest BCUT2D eigenvalue weighted by atomic mass is 9.62. The van der Waals surface area contributed by atoms with Crippen molar-refractivity contribution in [2.24, 2.45) is 23.7 Å². The van der Waals surface area contributed by atoms with Crippen molar-refractivity contribution >= 4 is 31.9 Å². The number of aliphatic carboxylic acids is 1. The van der Waals surface area contributed by atoms with E-state index >= 15 is 0 Å². The first-order valence-electron chi connectivity index (χ1n) is 10.1. The molecule has 0 spiro atoms. The Morgan fingerprint density at radius 2 is 2.00 bits per heavy atom. The van der Waals surface area contributed by atoms with Gasteiger partial charge in [0, 0.05) is 17.4 Å². The summed E-state index contributed by atoms with van der Waals surface area (Å²) >= 11 is 3.37. The second kappa shape index (κ2) is 9.58. The van der Waals surface area contributed by atoms with E-state index in [4.69, 9.17) is 5.11 Å². The number of hydrogen-bond donors (Lipinski definition) is 2. The Bertz CT molecular complexity index is 909. The molecule has 1 aromatic rings. The number of nitrogens with one attached hydrogen (secondary N) is 1. The molecule has 0 aromatic heterocycles. The van der Waals surface area contributed by atoms with Crippen molar-refractivity contribution in [3.63, 3.8) is 0 Å². The number of carboxylic acid groups (broad SMARTS) is 1. The van der Waals surface area contributed by atoms with Gasteiger partial charge in [-0.05, 0) is 80.0 Å². The summed E-state index contributed by atoms with van der Waals surface area (Å²) < 4.78 is 29.4. The Morgan fingerprint density at radius 3 is 2.66 bits per heavy atom. The summed E-state index contributed by atoms with van der Waals surface area (Å²) in [6.07, 6.45) is 12.5. The van der Waals surface area contributed by atoms with Crippen LogP contribution in [0, 0.1) is 30.6 Å². The molecule has 5 nitrogen and oxygen atoms in total. The quantitative estimate of drug-likeness (QED) is 0.396. The molecule has 1 fully saturated rings. The first kappa shape index (κ1) is 22.2. The Morgan fingerprint density at radius 1 is 1.28 bits per heavy atom. The van der Waals surface area contributed by atoms with Crippen molar-refractivity contribution in [2.75, 3.05) is 6.54 Å². The van der Waals surface area contributed by atoms with E-state index in [1.54, 1.807) is 19.1 Å². The SMILES string of the molecule is Cc1cc(Br)ccc1S(=O)(=O)NCC1C2C=CC(CC2)C1/C=C\CCCC(=O)O. The zero-order valence-corrected chi connectivity index (χ0v) is 19.0. The molecule has 29 heavy (non-hydrogen) atoms. The predicted octanol–water partition coefficient (Wildman–Crippen LogP) is 4.68. The van der Waals surface area contributed by atoms with Gasteiger partial charge < -0.3 is 5.11 Å². The maximum absolute atomic E-state index is 12.9. The molecule has 4 atom stereocenters. The molecule has 1 aromatic carbocycles. The zero-order valence-electron chi connectivity index (χ0n) is 16.6. The number of sulfonamides is 1. The van der Waals surface area contributed by atoms with E-state index < -0.39 is 16.0 Å². The number of carboxylic acids is 1. The summed E-state index contributed by atoms with van der Waals surface area (Å²) in [6, 6.07) is 5.19. The van der Waals surface area contributed by atoms with Crippen molar-refractivity contribution in [1.82, 2.24) is 4.72 Å². The highest BCUT2D eigenvalue weighted by Gasteiger charge is 2.39. The van der Waals surface area contributed by atoms with Crippen LogP contribution in [0.1, 0.15) is 37.7 Å². The number of halogens is 1. The van der Waals surface area contributed by atoms with Gasteiger partial charge in [0.15, 0.2) is 0 Å². The van der Waals surface area contributed by atoms with Gasteiger partial charge in [0.25, 0.3) is 0 Å². The summed E-state index contributed by atoms with van der Waals surface area (Å²) in [7, 11) is -3.57. The van der Waals surface area contributed by atoms with Crippen LogP contribution in [-0.2, 0) is 14.8 Å². The molecule has 4 unspecified atom stereocenters. The fourth-order valence-corrected chi connectivity index (χ4v) is 6.31. The molecule has 0 saturated heterocycles. The van der Waals surface area contributed by atoms with Gasteiger partial charge in [-0.15, -0.1) is 0 Å². The number of benzene rings is 1. The molecule has 0 aliphatic heterocycles. The van der Waals surface area contributed by atoms with Gasteiger partial charge in [0.1, 0.15) is 0 Å². The summed E-state index contributed by atoms with van der Waals surface area (Å²) in [5, 5.41) is 8.76. The molecule has 158 valence electrons. The van der Waals surface area contributed by atoms with Crippen molar-refractivity contribution in [1.29, 1.82) is 0 Å². The molecule has 0 heterocycles. The number of rotatable bonds is 9. The highest BCUT2D eigenvalue weighted by atomic mass is 79.9. The number of aryl methyl sites for hydroxylation is 1. The topological polar surface area (TPSA) is 83.5 Å². The molecule has 2 N–H and O–H groups in total. The molecule has 0 radical (unpaired) electrons. The fourth-order valence-electron chi connectivity index (χ4n) is 4.54. The van der Waals surface area contributed by atoms with Gasteiger partial charge in [-0.2, -0.15) is 0 Å². The van der Waals surface area contributed by atoms with Crippen LogP contribution in [-0.4, -0.2) is 26.0 Å². The Hall–Kier alpha value is -1.44. The predicted molar refractivity (Wildman–Crippen MR) is 117 cm³/mol. The lowest BCUT2D eigenvalue weighted by Crippen LogP contribution is -2.43. The van der Waals surface area contributed by atoms with Crippen molar-refractivity contribution in [3.05, 3.63) is 52.5 Å². The van der Waals surface area contributed by atoms with Crippen LogP contribution >= 0.6 is 15.9 Å². The standard InChI is InChI=1S/C22H28BrNO4S/c1-15-13-18(23)11-12-21(15)29(27,28)24-14-20-17-9-7-16(8-10-17)19(20)5-3-2-4-6-22(25)26/h3,5,7,9,11-13,16-17,19-20,24H,2,4,6,8,10,14H2,1H3,(H,25,26)/b5-3-. The largest absolute Gasteiger partial charge is 0.481 e. The van der Waals surface area contributed by atoms with E-state index in [1.807, 2.05) is 6.07 Å². The highest BCUT2D eigenvalue weighted by Crippen LogP contribution is 2.45. The van der Waals surface area contributed by atoms with E-state index in [2.05, 4.69) is 45.0 Å². The molecule has 0 amide bonds. The smallest absolute Gasteiger partial charge is 0.303 e. The zero-order chi connectivity index (χ0) is 21.0. The Kier molecular flexibility index (Phi) is 7.35. The molecule has 1 saturated carbocycles. The van der Waals surface area contributed by atoms with Gasteiger partial charge in [0.05, 0.1) is 4.90 Å². The second-order valence-electron chi connectivity index (χ2n) is 8.01. The van der Waals surface area contributed by atoms with Crippen LogP contribution in [0.3, 0.4) is 0 Å². The normalized spacial score (nSPS) is 26.3. The number of hydrogen-bond acceptors (Lipinski definition) is 3. The van der Waals surface area contributed by atoms with Gasteiger partial charge in [-0.1, -0.05) is 40.2 Å². The third-order valence-corrected chi connectivity index (χ3v) is 8.11. The summed E-state index contributed by atoms with van der Waals surface area (Å²) in [4.78, 5) is 11.0. The van der Waals surface area contributed by atoms with Crippen molar-refractivity contribution in [3.8, 4) is 0 Å². The molecular formula is C22H28BrNO4S.